The van der Waals surface area contributed by atoms with Crippen molar-refractivity contribution in [3.63, 3.8) is 0 Å². The molecule has 136 valence electrons. The summed E-state index contributed by atoms with van der Waals surface area (Å²) in [5.74, 6) is 0.530. The second-order valence-electron chi connectivity index (χ2n) is 6.20. The van der Waals surface area contributed by atoms with Crippen molar-refractivity contribution >= 4 is 34.9 Å². The van der Waals surface area contributed by atoms with Crippen molar-refractivity contribution in [3.8, 4) is 0 Å². The number of hydrogen-bond donors (Lipinski definition) is 1. The molecule has 1 atom stereocenters. The maximum Gasteiger partial charge on any atom is 0.252 e. The lowest BCUT2D eigenvalue weighted by Crippen LogP contribution is -2.27. The fourth-order valence-electron chi connectivity index (χ4n) is 2.93. The van der Waals surface area contributed by atoms with Gasteiger partial charge in [0.25, 0.3) is 5.78 Å². The molecule has 26 heavy (non-hydrogen) atoms. The number of hydrogen-bond acceptors (Lipinski definition) is 4. The molecule has 0 bridgehead atoms. The average Bonchev–Trinajstić information content (AvgIpc) is 3.05. The second kappa shape index (κ2) is 7.60. The molecule has 6 nitrogen and oxygen atoms in total. The number of aromatic nitrogens is 4. The van der Waals surface area contributed by atoms with Crippen LogP contribution >= 0.6 is 23.2 Å². The molecule has 1 aromatic carbocycles. The SMILES string of the molecule is Cc1nc2ncnn2c(C)c1CCC(=O)NC(C)c1ccc(Cl)c(Cl)c1. The van der Waals surface area contributed by atoms with Gasteiger partial charge < -0.3 is 5.32 Å². The molecule has 0 aliphatic rings. The van der Waals surface area contributed by atoms with Gasteiger partial charge in [-0.25, -0.2) is 9.50 Å². The Labute approximate surface area is 161 Å². The van der Waals surface area contributed by atoms with Crippen LogP contribution in [0, 0.1) is 13.8 Å². The molecule has 1 amide bonds. The van der Waals surface area contributed by atoms with Crippen LogP contribution in [0.25, 0.3) is 5.78 Å². The molecule has 2 heterocycles. The quantitative estimate of drug-likeness (QED) is 0.716. The van der Waals surface area contributed by atoms with E-state index < -0.39 is 0 Å². The summed E-state index contributed by atoms with van der Waals surface area (Å²) in [5, 5.41) is 8.13. The number of halogens is 2. The third kappa shape index (κ3) is 3.81. The highest BCUT2D eigenvalue weighted by Crippen LogP contribution is 2.25. The number of amides is 1. The van der Waals surface area contributed by atoms with Crippen LogP contribution in [-0.2, 0) is 11.2 Å². The third-order valence-corrected chi connectivity index (χ3v) is 5.15. The first kappa shape index (κ1) is 18.6. The highest BCUT2D eigenvalue weighted by molar-refractivity contribution is 6.42. The number of nitrogens with zero attached hydrogens (tertiary/aromatic N) is 4. The number of carbonyl (C=O) groups is 1. The van der Waals surface area contributed by atoms with Gasteiger partial charge in [-0.3, -0.25) is 4.79 Å². The zero-order valence-electron chi connectivity index (χ0n) is 14.8. The Kier molecular flexibility index (Phi) is 5.44. The number of nitrogens with one attached hydrogen (secondary N) is 1. The Hall–Kier alpha value is -2.18. The van der Waals surface area contributed by atoms with E-state index in [1.54, 1.807) is 16.6 Å². The van der Waals surface area contributed by atoms with Crippen LogP contribution in [0.1, 0.15) is 41.9 Å². The zero-order valence-corrected chi connectivity index (χ0v) is 16.3. The van der Waals surface area contributed by atoms with Gasteiger partial charge in [0.15, 0.2) is 0 Å². The molecule has 0 aliphatic carbocycles. The van der Waals surface area contributed by atoms with E-state index in [1.807, 2.05) is 26.8 Å². The van der Waals surface area contributed by atoms with Crippen LogP contribution in [-0.4, -0.2) is 25.5 Å². The van der Waals surface area contributed by atoms with E-state index in [4.69, 9.17) is 23.2 Å². The lowest BCUT2D eigenvalue weighted by molar-refractivity contribution is -0.121. The summed E-state index contributed by atoms with van der Waals surface area (Å²) in [6.45, 7) is 5.80. The fraction of sp³-hybridized carbons (Fsp3) is 0.333. The number of rotatable bonds is 5. The molecule has 3 aromatic rings. The number of benzene rings is 1. The van der Waals surface area contributed by atoms with Crippen LogP contribution in [0.3, 0.4) is 0 Å². The van der Waals surface area contributed by atoms with Gasteiger partial charge in [-0.05, 0) is 50.5 Å². The van der Waals surface area contributed by atoms with E-state index in [9.17, 15) is 4.79 Å². The standard InChI is InChI=1S/C18H19Cl2N5O/c1-10(13-4-6-15(19)16(20)8-13)23-17(26)7-5-14-11(2)24-18-21-9-22-25(18)12(14)3/h4,6,8-10H,5,7H2,1-3H3,(H,23,26). The first-order valence-electron chi connectivity index (χ1n) is 8.27. The highest BCUT2D eigenvalue weighted by atomic mass is 35.5. The molecule has 2 aromatic heterocycles. The van der Waals surface area contributed by atoms with Crippen LogP contribution in [0.2, 0.25) is 10.0 Å². The van der Waals surface area contributed by atoms with Crippen LogP contribution in [0.5, 0.6) is 0 Å². The van der Waals surface area contributed by atoms with Gasteiger partial charge in [0.05, 0.1) is 16.1 Å². The Morgan fingerprint density at radius 2 is 2.04 bits per heavy atom. The third-order valence-electron chi connectivity index (χ3n) is 4.41. The molecule has 0 fully saturated rings. The van der Waals surface area contributed by atoms with Gasteiger partial charge in [0.1, 0.15) is 6.33 Å². The monoisotopic (exact) mass is 391 g/mol. The van der Waals surface area contributed by atoms with Gasteiger partial charge in [-0.15, -0.1) is 0 Å². The van der Waals surface area contributed by atoms with E-state index in [0.29, 0.717) is 28.7 Å². The van der Waals surface area contributed by atoms with Crippen molar-refractivity contribution in [1.82, 2.24) is 24.9 Å². The van der Waals surface area contributed by atoms with Crippen molar-refractivity contribution in [2.45, 2.75) is 39.7 Å². The Balaban J connectivity index is 1.66. The molecule has 0 saturated carbocycles. The van der Waals surface area contributed by atoms with Crippen LogP contribution in [0.15, 0.2) is 24.5 Å². The van der Waals surface area contributed by atoms with Crippen molar-refractivity contribution in [2.24, 2.45) is 0 Å². The first-order chi connectivity index (χ1) is 12.4. The van der Waals surface area contributed by atoms with E-state index in [2.05, 4.69) is 20.4 Å². The van der Waals surface area contributed by atoms with Gasteiger partial charge in [0.2, 0.25) is 5.91 Å². The van der Waals surface area contributed by atoms with E-state index in [-0.39, 0.29) is 11.9 Å². The fourth-order valence-corrected chi connectivity index (χ4v) is 3.24. The van der Waals surface area contributed by atoms with Crippen molar-refractivity contribution in [1.29, 1.82) is 0 Å². The smallest absolute Gasteiger partial charge is 0.252 e. The second-order valence-corrected chi connectivity index (χ2v) is 7.01. The lowest BCUT2D eigenvalue weighted by atomic mass is 10.1. The Morgan fingerprint density at radius 3 is 2.77 bits per heavy atom. The van der Waals surface area contributed by atoms with E-state index in [1.165, 1.54) is 6.33 Å². The maximum absolute atomic E-state index is 12.4. The first-order valence-corrected chi connectivity index (χ1v) is 9.02. The van der Waals surface area contributed by atoms with Crippen LogP contribution in [0.4, 0.5) is 0 Å². The summed E-state index contributed by atoms with van der Waals surface area (Å²) in [6, 6.07) is 5.20. The Morgan fingerprint density at radius 1 is 1.27 bits per heavy atom. The maximum atomic E-state index is 12.4. The summed E-state index contributed by atoms with van der Waals surface area (Å²) in [7, 11) is 0. The minimum atomic E-state index is -0.157. The lowest BCUT2D eigenvalue weighted by Gasteiger charge is -2.16. The number of aryl methyl sites for hydroxylation is 2. The normalized spacial score (nSPS) is 12.3. The summed E-state index contributed by atoms with van der Waals surface area (Å²) in [5.41, 5.74) is 3.75. The van der Waals surface area contributed by atoms with Crippen molar-refractivity contribution in [3.05, 3.63) is 57.1 Å². The molecule has 8 heteroatoms. The molecular formula is C18H19Cl2N5O. The van der Waals surface area contributed by atoms with Gasteiger partial charge in [0, 0.05) is 17.8 Å². The largest absolute Gasteiger partial charge is 0.350 e. The molecule has 0 spiro atoms. The minimum Gasteiger partial charge on any atom is -0.350 e. The molecule has 0 saturated heterocycles. The number of fused-ring (bicyclic) bond motifs is 1. The topological polar surface area (TPSA) is 72.2 Å². The minimum absolute atomic E-state index is 0.0407. The Bertz CT molecular complexity index is 970. The van der Waals surface area contributed by atoms with Gasteiger partial charge in [-0.2, -0.15) is 10.1 Å². The molecule has 0 aliphatic heterocycles. The highest BCUT2D eigenvalue weighted by Gasteiger charge is 2.15. The van der Waals surface area contributed by atoms with Crippen molar-refractivity contribution in [2.75, 3.05) is 0 Å². The van der Waals surface area contributed by atoms with E-state index in [0.717, 1.165) is 22.5 Å². The summed E-state index contributed by atoms with van der Waals surface area (Å²) >= 11 is 12.0. The zero-order chi connectivity index (χ0) is 18.8. The summed E-state index contributed by atoms with van der Waals surface area (Å²) in [6.07, 6.45) is 2.42. The molecule has 1 N–H and O–H groups in total. The molecule has 3 rings (SSSR count). The molecule has 1 unspecified atom stereocenters. The predicted molar refractivity (Wildman–Crippen MR) is 102 cm³/mol. The van der Waals surface area contributed by atoms with E-state index >= 15 is 0 Å². The van der Waals surface area contributed by atoms with Gasteiger partial charge in [-0.1, -0.05) is 29.3 Å². The summed E-state index contributed by atoms with van der Waals surface area (Å²) < 4.78 is 1.69. The molecular weight excluding hydrogens is 373 g/mol. The average molecular weight is 392 g/mol. The van der Waals surface area contributed by atoms with Crippen LogP contribution < -0.4 is 5.32 Å². The van der Waals surface area contributed by atoms with Crippen molar-refractivity contribution < 1.29 is 4.79 Å². The summed E-state index contributed by atoms with van der Waals surface area (Å²) in [4.78, 5) is 20.9. The predicted octanol–water partition coefficient (Wildman–Crippen LogP) is 3.86. The molecule has 0 radical (unpaired) electrons. The van der Waals surface area contributed by atoms with Gasteiger partial charge >= 0.3 is 0 Å². The number of carbonyl (C=O) groups excluding carboxylic acids is 1.